The molecule has 21 heavy (non-hydrogen) atoms. The predicted octanol–water partition coefficient (Wildman–Crippen LogP) is 1.17. The van der Waals surface area contributed by atoms with Gasteiger partial charge < -0.3 is 10.6 Å². The van der Waals surface area contributed by atoms with Gasteiger partial charge in [0, 0.05) is 19.1 Å². The average Bonchev–Trinajstić information content (AvgIpc) is 2.89. The highest BCUT2D eigenvalue weighted by atomic mass is 19.1. The van der Waals surface area contributed by atoms with E-state index in [1.165, 1.54) is 12.1 Å². The highest BCUT2D eigenvalue weighted by molar-refractivity contribution is 5.78. The fraction of sp³-hybridized carbons (Fsp3) is 0.562. The molecule has 1 amide bonds. The molecule has 2 N–H and O–H groups in total. The van der Waals surface area contributed by atoms with Gasteiger partial charge in [-0.05, 0) is 50.6 Å². The third kappa shape index (κ3) is 5.10. The molecule has 1 aromatic carbocycles. The van der Waals surface area contributed by atoms with Crippen LogP contribution in [0, 0.1) is 5.82 Å². The smallest absolute Gasteiger partial charge is 0.234 e. The Morgan fingerprint density at radius 1 is 1.38 bits per heavy atom. The summed E-state index contributed by atoms with van der Waals surface area (Å²) in [5.41, 5.74) is 1.03. The number of carbonyl (C=O) groups is 1. The second kappa shape index (κ2) is 8.10. The Kier molecular flexibility index (Phi) is 6.14. The Morgan fingerprint density at radius 3 is 2.86 bits per heavy atom. The topological polar surface area (TPSA) is 44.4 Å². The number of likely N-dealkylation sites (tertiary alicyclic amines) is 1. The lowest BCUT2D eigenvalue weighted by Gasteiger charge is -2.23. The average molecular weight is 293 g/mol. The molecular weight excluding hydrogens is 269 g/mol. The van der Waals surface area contributed by atoms with Crippen LogP contribution in [0.5, 0.6) is 0 Å². The van der Waals surface area contributed by atoms with Crippen LogP contribution in [0.3, 0.4) is 0 Å². The number of hydrogen-bond donors (Lipinski definition) is 2. The van der Waals surface area contributed by atoms with E-state index in [0.29, 0.717) is 19.1 Å². The first-order chi connectivity index (χ1) is 10.2. The van der Waals surface area contributed by atoms with Crippen LogP contribution in [0.1, 0.15) is 18.4 Å². The normalized spacial score (nSPS) is 18.9. The molecule has 1 unspecified atom stereocenters. The van der Waals surface area contributed by atoms with E-state index in [2.05, 4.69) is 15.5 Å². The second-order valence-corrected chi connectivity index (χ2v) is 5.55. The predicted molar refractivity (Wildman–Crippen MR) is 81.6 cm³/mol. The van der Waals surface area contributed by atoms with E-state index in [1.807, 2.05) is 7.05 Å². The summed E-state index contributed by atoms with van der Waals surface area (Å²) < 4.78 is 12.8. The SMILES string of the molecule is CNCC1CCCN1CC(=O)NCCc1ccc(F)cc1. The third-order valence-corrected chi connectivity index (χ3v) is 3.93. The van der Waals surface area contributed by atoms with Crippen molar-refractivity contribution in [3.8, 4) is 0 Å². The van der Waals surface area contributed by atoms with Crippen LogP contribution in [0.15, 0.2) is 24.3 Å². The van der Waals surface area contributed by atoms with Crippen LogP contribution < -0.4 is 10.6 Å². The molecule has 1 heterocycles. The van der Waals surface area contributed by atoms with Crippen molar-refractivity contribution in [2.45, 2.75) is 25.3 Å². The van der Waals surface area contributed by atoms with Crippen molar-refractivity contribution in [1.82, 2.24) is 15.5 Å². The Hall–Kier alpha value is -1.46. The molecule has 1 fully saturated rings. The lowest BCUT2D eigenvalue weighted by Crippen LogP contribution is -2.43. The van der Waals surface area contributed by atoms with E-state index in [1.54, 1.807) is 12.1 Å². The van der Waals surface area contributed by atoms with Gasteiger partial charge in [-0.2, -0.15) is 0 Å². The van der Waals surface area contributed by atoms with Crippen molar-refractivity contribution in [2.24, 2.45) is 0 Å². The second-order valence-electron chi connectivity index (χ2n) is 5.55. The molecule has 1 atom stereocenters. The minimum absolute atomic E-state index is 0.0696. The van der Waals surface area contributed by atoms with Crippen molar-refractivity contribution < 1.29 is 9.18 Å². The fourth-order valence-corrected chi connectivity index (χ4v) is 2.81. The van der Waals surface area contributed by atoms with Crippen LogP contribution >= 0.6 is 0 Å². The maximum Gasteiger partial charge on any atom is 0.234 e. The maximum absolute atomic E-state index is 12.8. The van der Waals surface area contributed by atoms with Gasteiger partial charge in [-0.1, -0.05) is 12.1 Å². The molecule has 0 radical (unpaired) electrons. The minimum atomic E-state index is -0.229. The summed E-state index contributed by atoms with van der Waals surface area (Å²) in [6, 6.07) is 6.88. The van der Waals surface area contributed by atoms with Gasteiger partial charge in [0.25, 0.3) is 0 Å². The number of carbonyl (C=O) groups excluding carboxylic acids is 1. The van der Waals surface area contributed by atoms with Crippen molar-refractivity contribution in [3.05, 3.63) is 35.6 Å². The fourth-order valence-electron chi connectivity index (χ4n) is 2.81. The van der Waals surface area contributed by atoms with Gasteiger partial charge in [0.05, 0.1) is 6.54 Å². The number of amides is 1. The highest BCUT2D eigenvalue weighted by Crippen LogP contribution is 2.15. The van der Waals surface area contributed by atoms with Crippen LogP contribution in [0.25, 0.3) is 0 Å². The number of likely N-dealkylation sites (N-methyl/N-ethyl adjacent to an activating group) is 1. The van der Waals surface area contributed by atoms with Crippen molar-refractivity contribution in [3.63, 3.8) is 0 Å². The summed E-state index contributed by atoms with van der Waals surface area (Å²) in [7, 11) is 1.94. The zero-order valence-electron chi connectivity index (χ0n) is 12.6. The van der Waals surface area contributed by atoms with Crippen LogP contribution in [-0.2, 0) is 11.2 Å². The maximum atomic E-state index is 12.8. The van der Waals surface area contributed by atoms with Gasteiger partial charge in [0.15, 0.2) is 0 Å². The molecule has 4 nitrogen and oxygen atoms in total. The number of nitrogens with one attached hydrogen (secondary N) is 2. The van der Waals surface area contributed by atoms with E-state index >= 15 is 0 Å². The van der Waals surface area contributed by atoms with Gasteiger partial charge in [-0.25, -0.2) is 4.39 Å². The molecule has 1 aromatic rings. The number of nitrogens with zero attached hydrogens (tertiary/aromatic N) is 1. The van der Waals surface area contributed by atoms with Gasteiger partial charge in [0.2, 0.25) is 5.91 Å². The number of benzene rings is 1. The Balaban J connectivity index is 1.68. The standard InChI is InChI=1S/C16H24FN3O/c1-18-11-15-3-2-10-20(15)12-16(21)19-9-8-13-4-6-14(17)7-5-13/h4-7,15,18H,2-3,8-12H2,1H3,(H,19,21). The Bertz CT molecular complexity index is 449. The molecule has 1 aliphatic rings. The van der Waals surface area contributed by atoms with E-state index < -0.39 is 0 Å². The zero-order valence-corrected chi connectivity index (χ0v) is 12.6. The monoisotopic (exact) mass is 293 g/mol. The first-order valence-electron chi connectivity index (χ1n) is 7.59. The zero-order chi connectivity index (χ0) is 15.1. The summed E-state index contributed by atoms with van der Waals surface area (Å²) in [4.78, 5) is 14.2. The molecule has 116 valence electrons. The van der Waals surface area contributed by atoms with Gasteiger partial charge in [0.1, 0.15) is 5.82 Å². The lowest BCUT2D eigenvalue weighted by atomic mass is 10.1. The summed E-state index contributed by atoms with van der Waals surface area (Å²) >= 11 is 0. The summed E-state index contributed by atoms with van der Waals surface area (Å²) in [5, 5.41) is 6.12. The molecule has 5 heteroatoms. The molecule has 0 spiro atoms. The molecule has 1 aliphatic heterocycles. The van der Waals surface area contributed by atoms with Crippen LogP contribution in [0.4, 0.5) is 4.39 Å². The van der Waals surface area contributed by atoms with Crippen molar-refractivity contribution in [2.75, 3.05) is 33.2 Å². The molecule has 1 saturated heterocycles. The van der Waals surface area contributed by atoms with E-state index in [-0.39, 0.29) is 11.7 Å². The van der Waals surface area contributed by atoms with Gasteiger partial charge in [-0.3, -0.25) is 9.69 Å². The van der Waals surface area contributed by atoms with Gasteiger partial charge in [-0.15, -0.1) is 0 Å². The number of halogens is 1. The molecule has 0 aromatic heterocycles. The summed E-state index contributed by atoms with van der Waals surface area (Å²) in [6.07, 6.45) is 3.05. The summed E-state index contributed by atoms with van der Waals surface area (Å²) in [6.45, 7) is 2.99. The largest absolute Gasteiger partial charge is 0.355 e. The molecule has 0 saturated carbocycles. The first kappa shape index (κ1) is 15.9. The molecule has 0 bridgehead atoms. The number of rotatable bonds is 7. The first-order valence-corrected chi connectivity index (χ1v) is 7.59. The van der Waals surface area contributed by atoms with E-state index in [0.717, 1.165) is 37.9 Å². The Morgan fingerprint density at radius 2 is 2.14 bits per heavy atom. The molecule has 2 rings (SSSR count). The quantitative estimate of drug-likeness (QED) is 0.793. The van der Waals surface area contributed by atoms with E-state index in [4.69, 9.17) is 0 Å². The molecular formula is C16H24FN3O. The Labute approximate surface area is 125 Å². The minimum Gasteiger partial charge on any atom is -0.355 e. The highest BCUT2D eigenvalue weighted by Gasteiger charge is 2.25. The third-order valence-electron chi connectivity index (χ3n) is 3.93. The number of hydrogen-bond acceptors (Lipinski definition) is 3. The van der Waals surface area contributed by atoms with E-state index in [9.17, 15) is 9.18 Å². The lowest BCUT2D eigenvalue weighted by molar-refractivity contribution is -0.122. The van der Waals surface area contributed by atoms with Crippen molar-refractivity contribution in [1.29, 1.82) is 0 Å². The molecule has 0 aliphatic carbocycles. The van der Waals surface area contributed by atoms with Crippen molar-refractivity contribution >= 4 is 5.91 Å². The van der Waals surface area contributed by atoms with Crippen LogP contribution in [-0.4, -0.2) is 50.1 Å². The van der Waals surface area contributed by atoms with Crippen LogP contribution in [0.2, 0.25) is 0 Å². The summed E-state index contributed by atoms with van der Waals surface area (Å²) in [5.74, 6) is -0.160. The van der Waals surface area contributed by atoms with Gasteiger partial charge >= 0.3 is 0 Å².